The van der Waals surface area contributed by atoms with Crippen LogP contribution in [0.2, 0.25) is 0 Å². The van der Waals surface area contributed by atoms with Crippen LogP contribution in [0.15, 0.2) is 42.5 Å². The third-order valence-electron chi connectivity index (χ3n) is 3.28. The SMILES string of the molecule is COc1cc(/C=C/C(=O)c2ccc(C)cc2C)ccc1O. The van der Waals surface area contributed by atoms with Gasteiger partial charge >= 0.3 is 0 Å². The molecular weight excluding hydrogens is 264 g/mol. The second-order valence-corrected chi connectivity index (χ2v) is 4.95. The number of rotatable bonds is 4. The molecule has 0 bridgehead atoms. The molecule has 0 heterocycles. The summed E-state index contributed by atoms with van der Waals surface area (Å²) in [5, 5.41) is 9.54. The van der Waals surface area contributed by atoms with Gasteiger partial charge in [-0.05, 0) is 43.2 Å². The minimum atomic E-state index is -0.0421. The number of methoxy groups -OCH3 is 1. The molecule has 0 aromatic heterocycles. The van der Waals surface area contributed by atoms with Crippen LogP contribution in [0.5, 0.6) is 11.5 Å². The number of ketones is 1. The van der Waals surface area contributed by atoms with Gasteiger partial charge in [-0.15, -0.1) is 0 Å². The van der Waals surface area contributed by atoms with E-state index in [1.165, 1.54) is 13.2 Å². The van der Waals surface area contributed by atoms with Crippen molar-refractivity contribution in [3.63, 3.8) is 0 Å². The molecule has 108 valence electrons. The van der Waals surface area contributed by atoms with E-state index in [4.69, 9.17) is 4.74 Å². The molecule has 0 unspecified atom stereocenters. The van der Waals surface area contributed by atoms with Gasteiger partial charge in [0.25, 0.3) is 0 Å². The van der Waals surface area contributed by atoms with Crippen molar-refractivity contribution in [1.29, 1.82) is 0 Å². The number of carbonyl (C=O) groups is 1. The molecular formula is C18H18O3. The lowest BCUT2D eigenvalue weighted by Gasteiger charge is -2.04. The van der Waals surface area contributed by atoms with E-state index in [-0.39, 0.29) is 11.5 Å². The van der Waals surface area contributed by atoms with E-state index in [1.807, 2.05) is 32.0 Å². The van der Waals surface area contributed by atoms with E-state index in [2.05, 4.69) is 0 Å². The van der Waals surface area contributed by atoms with Gasteiger partial charge in [0.1, 0.15) is 0 Å². The molecule has 0 saturated carbocycles. The maximum atomic E-state index is 12.2. The monoisotopic (exact) mass is 282 g/mol. The Hall–Kier alpha value is -2.55. The molecule has 3 heteroatoms. The molecule has 0 radical (unpaired) electrons. The van der Waals surface area contributed by atoms with Gasteiger partial charge in [-0.3, -0.25) is 4.79 Å². The topological polar surface area (TPSA) is 46.5 Å². The number of carbonyl (C=O) groups excluding carboxylic acids is 1. The first kappa shape index (κ1) is 14.9. The zero-order valence-corrected chi connectivity index (χ0v) is 12.4. The number of ether oxygens (including phenoxy) is 1. The number of allylic oxidation sites excluding steroid dienone is 1. The molecule has 0 spiro atoms. The molecule has 2 rings (SSSR count). The van der Waals surface area contributed by atoms with Crippen molar-refractivity contribution in [3.05, 3.63) is 64.7 Å². The molecule has 21 heavy (non-hydrogen) atoms. The van der Waals surface area contributed by atoms with Crippen LogP contribution in [0.3, 0.4) is 0 Å². The highest BCUT2D eigenvalue weighted by Gasteiger charge is 2.06. The Morgan fingerprint density at radius 1 is 1.14 bits per heavy atom. The third kappa shape index (κ3) is 3.51. The van der Waals surface area contributed by atoms with Crippen LogP contribution in [0.1, 0.15) is 27.0 Å². The minimum absolute atomic E-state index is 0.0421. The predicted molar refractivity (Wildman–Crippen MR) is 83.9 cm³/mol. The lowest BCUT2D eigenvalue weighted by atomic mass is 10.0. The molecule has 0 aliphatic carbocycles. The fourth-order valence-corrected chi connectivity index (χ4v) is 2.15. The molecule has 0 saturated heterocycles. The summed E-state index contributed by atoms with van der Waals surface area (Å²) in [6.45, 7) is 3.93. The highest BCUT2D eigenvalue weighted by Crippen LogP contribution is 2.26. The average Bonchev–Trinajstić information content (AvgIpc) is 2.46. The Morgan fingerprint density at radius 2 is 1.90 bits per heavy atom. The number of benzene rings is 2. The summed E-state index contributed by atoms with van der Waals surface area (Å²) in [7, 11) is 1.49. The highest BCUT2D eigenvalue weighted by molar-refractivity contribution is 6.07. The minimum Gasteiger partial charge on any atom is -0.504 e. The lowest BCUT2D eigenvalue weighted by Crippen LogP contribution is -1.98. The summed E-state index contributed by atoms with van der Waals surface area (Å²) in [5.74, 6) is 0.422. The van der Waals surface area contributed by atoms with Crippen LogP contribution in [-0.2, 0) is 0 Å². The average molecular weight is 282 g/mol. The first-order valence-corrected chi connectivity index (χ1v) is 6.68. The molecule has 2 aromatic rings. The van der Waals surface area contributed by atoms with Gasteiger partial charge in [-0.1, -0.05) is 35.9 Å². The zero-order chi connectivity index (χ0) is 15.4. The second kappa shape index (κ2) is 6.27. The van der Waals surface area contributed by atoms with E-state index in [1.54, 1.807) is 24.3 Å². The standard InChI is InChI=1S/C18H18O3/c1-12-4-7-15(13(2)10-12)16(19)8-5-14-6-9-17(20)18(11-14)21-3/h4-11,20H,1-3H3/b8-5+. The summed E-state index contributed by atoms with van der Waals surface area (Å²) in [6.07, 6.45) is 3.24. The Morgan fingerprint density at radius 3 is 2.57 bits per heavy atom. The van der Waals surface area contributed by atoms with E-state index in [9.17, 15) is 9.90 Å². The van der Waals surface area contributed by atoms with Gasteiger partial charge in [-0.2, -0.15) is 0 Å². The Balaban J connectivity index is 2.22. The fourth-order valence-electron chi connectivity index (χ4n) is 2.15. The molecule has 0 aliphatic rings. The molecule has 0 fully saturated rings. The summed E-state index contributed by atoms with van der Waals surface area (Å²) >= 11 is 0. The summed E-state index contributed by atoms with van der Waals surface area (Å²) in [6, 6.07) is 10.7. The largest absolute Gasteiger partial charge is 0.504 e. The van der Waals surface area contributed by atoms with Crippen molar-refractivity contribution < 1.29 is 14.6 Å². The number of aryl methyl sites for hydroxylation is 2. The van der Waals surface area contributed by atoms with Gasteiger partial charge in [0.05, 0.1) is 7.11 Å². The fraction of sp³-hybridized carbons (Fsp3) is 0.167. The van der Waals surface area contributed by atoms with Gasteiger partial charge in [0, 0.05) is 5.56 Å². The molecule has 0 amide bonds. The van der Waals surface area contributed by atoms with Crippen LogP contribution in [0.4, 0.5) is 0 Å². The first-order valence-electron chi connectivity index (χ1n) is 6.68. The highest BCUT2D eigenvalue weighted by atomic mass is 16.5. The molecule has 1 N–H and O–H groups in total. The summed E-state index contributed by atoms with van der Waals surface area (Å²) in [4.78, 5) is 12.2. The molecule has 0 aliphatic heterocycles. The summed E-state index contributed by atoms with van der Waals surface area (Å²) in [5.41, 5.74) is 3.59. The van der Waals surface area contributed by atoms with Crippen LogP contribution in [0, 0.1) is 13.8 Å². The first-order chi connectivity index (χ1) is 10.0. The van der Waals surface area contributed by atoms with Crippen molar-refractivity contribution in [2.45, 2.75) is 13.8 Å². The Labute approximate surface area is 124 Å². The van der Waals surface area contributed by atoms with Crippen LogP contribution < -0.4 is 4.74 Å². The normalized spacial score (nSPS) is 10.8. The van der Waals surface area contributed by atoms with Gasteiger partial charge in [-0.25, -0.2) is 0 Å². The van der Waals surface area contributed by atoms with E-state index in [0.29, 0.717) is 11.3 Å². The number of phenols is 1. The van der Waals surface area contributed by atoms with Gasteiger partial charge in [0.15, 0.2) is 17.3 Å². The molecule has 3 nitrogen and oxygen atoms in total. The van der Waals surface area contributed by atoms with Crippen LogP contribution >= 0.6 is 0 Å². The zero-order valence-electron chi connectivity index (χ0n) is 12.4. The molecule has 0 atom stereocenters. The number of hydrogen-bond acceptors (Lipinski definition) is 3. The Bertz CT molecular complexity index is 700. The van der Waals surface area contributed by atoms with Crippen LogP contribution in [-0.4, -0.2) is 18.0 Å². The number of hydrogen-bond donors (Lipinski definition) is 1. The Kier molecular flexibility index (Phi) is 4.43. The lowest BCUT2D eigenvalue weighted by molar-refractivity contribution is 0.104. The van der Waals surface area contributed by atoms with Gasteiger partial charge < -0.3 is 9.84 Å². The van der Waals surface area contributed by atoms with Crippen molar-refractivity contribution >= 4 is 11.9 Å². The number of aromatic hydroxyl groups is 1. The smallest absolute Gasteiger partial charge is 0.186 e. The number of phenolic OH excluding ortho intramolecular Hbond substituents is 1. The molecule has 2 aromatic carbocycles. The quantitative estimate of drug-likeness (QED) is 0.683. The predicted octanol–water partition coefficient (Wildman–Crippen LogP) is 3.91. The maximum Gasteiger partial charge on any atom is 0.186 e. The third-order valence-corrected chi connectivity index (χ3v) is 3.28. The summed E-state index contributed by atoms with van der Waals surface area (Å²) < 4.78 is 5.04. The van der Waals surface area contributed by atoms with Gasteiger partial charge in [0.2, 0.25) is 0 Å². The maximum absolute atomic E-state index is 12.2. The van der Waals surface area contributed by atoms with Crippen molar-refractivity contribution in [2.75, 3.05) is 7.11 Å². The van der Waals surface area contributed by atoms with E-state index < -0.39 is 0 Å². The second-order valence-electron chi connectivity index (χ2n) is 4.95. The van der Waals surface area contributed by atoms with E-state index >= 15 is 0 Å². The van der Waals surface area contributed by atoms with E-state index in [0.717, 1.165) is 16.7 Å². The van der Waals surface area contributed by atoms with Crippen molar-refractivity contribution in [3.8, 4) is 11.5 Å². The van der Waals surface area contributed by atoms with Crippen LogP contribution in [0.25, 0.3) is 6.08 Å². The van der Waals surface area contributed by atoms with Crippen molar-refractivity contribution in [1.82, 2.24) is 0 Å². The van der Waals surface area contributed by atoms with Crippen molar-refractivity contribution in [2.24, 2.45) is 0 Å².